The first kappa shape index (κ1) is 17.5. The van der Waals surface area contributed by atoms with Crippen LogP contribution in [-0.4, -0.2) is 33.1 Å². The summed E-state index contributed by atoms with van der Waals surface area (Å²) in [7, 11) is -2.43. The van der Waals surface area contributed by atoms with E-state index in [-0.39, 0.29) is 10.5 Å². The zero-order valence-electron chi connectivity index (χ0n) is 13.1. The molecule has 0 radical (unpaired) electrons. The summed E-state index contributed by atoms with van der Waals surface area (Å²) in [6.45, 7) is 0.616. The topological polar surface area (TPSA) is 95.5 Å². The molecule has 1 aliphatic rings. The van der Waals surface area contributed by atoms with Gasteiger partial charge in [0.1, 0.15) is 4.90 Å². The van der Waals surface area contributed by atoms with Gasteiger partial charge in [-0.2, -0.15) is 0 Å². The number of allylic oxidation sites excluding steroid dienone is 1. The van der Waals surface area contributed by atoms with Gasteiger partial charge in [-0.3, -0.25) is 0 Å². The van der Waals surface area contributed by atoms with Gasteiger partial charge in [0, 0.05) is 6.54 Å². The Kier molecular flexibility index (Phi) is 5.79. The lowest BCUT2D eigenvalue weighted by molar-refractivity contribution is 0.0696. The molecule has 0 saturated heterocycles. The SMILES string of the molecule is CNS(=O)(=O)c1cc(C(=O)O)ccc1NCCC1=CCCCC1. The fraction of sp³-hybridized carbons (Fsp3) is 0.438. The highest BCUT2D eigenvalue weighted by molar-refractivity contribution is 7.89. The normalized spacial score (nSPS) is 15.1. The molecule has 1 aromatic carbocycles. The predicted octanol–water partition coefficient (Wildman–Crippen LogP) is 2.60. The van der Waals surface area contributed by atoms with Crippen molar-refractivity contribution in [3.05, 3.63) is 35.4 Å². The minimum Gasteiger partial charge on any atom is -0.478 e. The Balaban J connectivity index is 2.16. The average Bonchev–Trinajstić information content (AvgIpc) is 2.55. The van der Waals surface area contributed by atoms with Gasteiger partial charge in [0.2, 0.25) is 10.0 Å². The van der Waals surface area contributed by atoms with E-state index in [1.807, 2.05) is 0 Å². The number of carboxylic acid groups (broad SMARTS) is 1. The van der Waals surface area contributed by atoms with E-state index in [1.54, 1.807) is 0 Å². The number of hydrogen-bond donors (Lipinski definition) is 3. The van der Waals surface area contributed by atoms with Crippen molar-refractivity contribution in [3.8, 4) is 0 Å². The number of carboxylic acids is 1. The summed E-state index contributed by atoms with van der Waals surface area (Å²) < 4.78 is 26.4. The van der Waals surface area contributed by atoms with Crippen molar-refractivity contribution in [2.45, 2.75) is 37.0 Å². The number of anilines is 1. The maximum absolute atomic E-state index is 12.1. The molecule has 0 aromatic heterocycles. The van der Waals surface area contributed by atoms with Crippen LogP contribution in [0.4, 0.5) is 5.69 Å². The third-order valence-electron chi connectivity index (χ3n) is 3.93. The van der Waals surface area contributed by atoms with Crippen molar-refractivity contribution in [2.24, 2.45) is 0 Å². The van der Waals surface area contributed by atoms with Crippen LogP contribution in [0.15, 0.2) is 34.7 Å². The molecule has 1 aromatic rings. The third-order valence-corrected chi connectivity index (χ3v) is 5.39. The molecule has 0 saturated carbocycles. The van der Waals surface area contributed by atoms with Gasteiger partial charge in [-0.25, -0.2) is 17.9 Å². The molecule has 6 nitrogen and oxygen atoms in total. The van der Waals surface area contributed by atoms with Gasteiger partial charge >= 0.3 is 5.97 Å². The van der Waals surface area contributed by atoms with Gasteiger partial charge < -0.3 is 10.4 Å². The summed E-state index contributed by atoms with van der Waals surface area (Å²) in [6.07, 6.45) is 7.77. The lowest BCUT2D eigenvalue weighted by Crippen LogP contribution is -2.21. The Morgan fingerprint density at radius 1 is 1.30 bits per heavy atom. The highest BCUT2D eigenvalue weighted by Crippen LogP contribution is 2.24. The lowest BCUT2D eigenvalue weighted by Gasteiger charge is -2.15. The van der Waals surface area contributed by atoms with Crippen LogP contribution < -0.4 is 10.0 Å². The number of carbonyl (C=O) groups is 1. The van der Waals surface area contributed by atoms with E-state index in [4.69, 9.17) is 5.11 Å². The molecule has 0 heterocycles. The summed E-state index contributed by atoms with van der Waals surface area (Å²) in [6, 6.07) is 4.08. The second-order valence-electron chi connectivity index (χ2n) is 5.51. The number of nitrogens with one attached hydrogen (secondary N) is 2. The van der Waals surface area contributed by atoms with Crippen LogP contribution in [0.5, 0.6) is 0 Å². The van der Waals surface area contributed by atoms with Crippen LogP contribution in [0.2, 0.25) is 0 Å². The molecule has 0 spiro atoms. The largest absolute Gasteiger partial charge is 0.478 e. The Morgan fingerprint density at radius 2 is 2.09 bits per heavy atom. The monoisotopic (exact) mass is 338 g/mol. The van der Waals surface area contributed by atoms with Crippen molar-refractivity contribution in [1.29, 1.82) is 0 Å². The fourth-order valence-electron chi connectivity index (χ4n) is 2.62. The maximum Gasteiger partial charge on any atom is 0.335 e. The van der Waals surface area contributed by atoms with Gasteiger partial charge in [-0.05, 0) is 57.4 Å². The molecule has 2 rings (SSSR count). The van der Waals surface area contributed by atoms with Gasteiger partial charge in [0.25, 0.3) is 0 Å². The summed E-state index contributed by atoms with van der Waals surface area (Å²) in [4.78, 5) is 11.0. The molecule has 7 heteroatoms. The second-order valence-corrected chi connectivity index (χ2v) is 7.36. The first-order valence-corrected chi connectivity index (χ1v) is 9.15. The molecular weight excluding hydrogens is 316 g/mol. The van der Waals surface area contributed by atoms with Gasteiger partial charge in [-0.15, -0.1) is 0 Å². The van der Waals surface area contributed by atoms with Gasteiger partial charge in [0.05, 0.1) is 11.3 Å². The van der Waals surface area contributed by atoms with Crippen LogP contribution in [0.3, 0.4) is 0 Å². The molecule has 0 unspecified atom stereocenters. The Morgan fingerprint density at radius 3 is 2.70 bits per heavy atom. The zero-order chi connectivity index (χ0) is 16.9. The first-order chi connectivity index (χ1) is 10.9. The highest BCUT2D eigenvalue weighted by atomic mass is 32.2. The standard InChI is InChI=1S/C16H22N2O4S/c1-17-23(21,22)15-11-13(16(19)20)7-8-14(15)18-10-9-12-5-3-2-4-6-12/h5,7-8,11,17-18H,2-4,6,9-10H2,1H3,(H,19,20). The zero-order valence-corrected chi connectivity index (χ0v) is 13.9. The van der Waals surface area contributed by atoms with E-state index in [0.29, 0.717) is 12.2 Å². The van der Waals surface area contributed by atoms with Crippen molar-refractivity contribution in [2.75, 3.05) is 18.9 Å². The van der Waals surface area contributed by atoms with Crippen LogP contribution in [0.25, 0.3) is 0 Å². The van der Waals surface area contributed by atoms with E-state index in [1.165, 1.54) is 43.7 Å². The quantitative estimate of drug-likeness (QED) is 0.664. The van der Waals surface area contributed by atoms with Crippen LogP contribution in [-0.2, 0) is 10.0 Å². The predicted molar refractivity (Wildman–Crippen MR) is 89.3 cm³/mol. The number of rotatable bonds is 7. The van der Waals surface area contributed by atoms with E-state index in [9.17, 15) is 13.2 Å². The highest BCUT2D eigenvalue weighted by Gasteiger charge is 2.19. The number of aromatic carboxylic acids is 1. The molecule has 0 amide bonds. The first-order valence-electron chi connectivity index (χ1n) is 7.66. The molecule has 23 heavy (non-hydrogen) atoms. The molecular formula is C16H22N2O4S. The lowest BCUT2D eigenvalue weighted by atomic mass is 9.97. The molecule has 3 N–H and O–H groups in total. The summed E-state index contributed by atoms with van der Waals surface area (Å²) >= 11 is 0. The van der Waals surface area contributed by atoms with Crippen molar-refractivity contribution >= 4 is 21.7 Å². The van der Waals surface area contributed by atoms with E-state index >= 15 is 0 Å². The Labute approximate surface area is 136 Å². The average molecular weight is 338 g/mol. The smallest absolute Gasteiger partial charge is 0.335 e. The minimum absolute atomic E-state index is 0.0440. The molecule has 0 bridgehead atoms. The molecule has 0 fully saturated rings. The molecule has 0 atom stereocenters. The van der Waals surface area contributed by atoms with Gasteiger partial charge in [-0.1, -0.05) is 11.6 Å². The van der Waals surface area contributed by atoms with Crippen LogP contribution in [0, 0.1) is 0 Å². The maximum atomic E-state index is 12.1. The van der Waals surface area contributed by atoms with Crippen molar-refractivity contribution in [3.63, 3.8) is 0 Å². The second kappa shape index (κ2) is 7.61. The van der Waals surface area contributed by atoms with Crippen LogP contribution >= 0.6 is 0 Å². The van der Waals surface area contributed by atoms with Crippen molar-refractivity contribution < 1.29 is 18.3 Å². The molecule has 0 aliphatic heterocycles. The number of sulfonamides is 1. The van der Waals surface area contributed by atoms with Gasteiger partial charge in [0.15, 0.2) is 0 Å². The van der Waals surface area contributed by atoms with E-state index < -0.39 is 16.0 Å². The van der Waals surface area contributed by atoms with E-state index in [0.717, 1.165) is 19.3 Å². The summed E-state index contributed by atoms with van der Waals surface area (Å²) in [5, 5.41) is 12.2. The van der Waals surface area contributed by atoms with E-state index in [2.05, 4.69) is 16.1 Å². The Bertz CT molecular complexity index is 711. The summed E-state index contributed by atoms with van der Waals surface area (Å²) in [5.74, 6) is -1.16. The Hall–Kier alpha value is -1.86. The van der Waals surface area contributed by atoms with Crippen molar-refractivity contribution in [1.82, 2.24) is 4.72 Å². The fourth-order valence-corrected chi connectivity index (χ4v) is 3.55. The number of hydrogen-bond acceptors (Lipinski definition) is 4. The summed E-state index contributed by atoms with van der Waals surface area (Å²) in [5.41, 5.74) is 1.75. The third kappa shape index (κ3) is 4.56. The molecule has 126 valence electrons. The molecule has 1 aliphatic carbocycles. The van der Waals surface area contributed by atoms with Crippen LogP contribution in [0.1, 0.15) is 42.5 Å². The minimum atomic E-state index is -3.73. The number of benzene rings is 1.